The zero-order valence-electron chi connectivity index (χ0n) is 18.8. The van der Waals surface area contributed by atoms with E-state index in [1.165, 1.54) is 0 Å². The van der Waals surface area contributed by atoms with Gasteiger partial charge in [-0.25, -0.2) is 4.98 Å². The van der Waals surface area contributed by atoms with Gasteiger partial charge in [0.15, 0.2) is 11.5 Å². The van der Waals surface area contributed by atoms with Crippen molar-refractivity contribution < 1.29 is 23.7 Å². The van der Waals surface area contributed by atoms with Gasteiger partial charge in [0, 0.05) is 43.0 Å². The first-order chi connectivity index (χ1) is 15.6. The highest BCUT2D eigenvalue weighted by atomic mass is 16.5. The van der Waals surface area contributed by atoms with Gasteiger partial charge in [-0.3, -0.25) is 4.79 Å². The predicted molar refractivity (Wildman–Crippen MR) is 122 cm³/mol. The molecule has 2 heterocycles. The van der Waals surface area contributed by atoms with Gasteiger partial charge in [-0.15, -0.1) is 0 Å². The summed E-state index contributed by atoms with van der Waals surface area (Å²) in [6.45, 7) is 5.08. The lowest BCUT2D eigenvalue weighted by molar-refractivity contribution is 0.0303. The Morgan fingerprint density at radius 2 is 1.75 bits per heavy atom. The van der Waals surface area contributed by atoms with Crippen LogP contribution in [0.1, 0.15) is 17.3 Å². The van der Waals surface area contributed by atoms with Crippen molar-refractivity contribution in [3.05, 3.63) is 35.9 Å². The Bertz CT molecular complexity index is 1100. The third-order valence-electron chi connectivity index (χ3n) is 5.53. The van der Waals surface area contributed by atoms with Crippen LogP contribution in [0.2, 0.25) is 0 Å². The number of methoxy groups -OCH3 is 3. The van der Waals surface area contributed by atoms with Crippen molar-refractivity contribution in [2.75, 3.05) is 52.9 Å². The fraction of sp³-hybridized carbons (Fsp3) is 0.391. The number of carbonyl (C=O) groups excluding carboxylic acids is 1. The van der Waals surface area contributed by atoms with Crippen LogP contribution in [-0.4, -0.2) is 68.0 Å². The molecule has 0 atom stereocenters. The number of imidazole rings is 1. The molecule has 1 aliphatic heterocycles. The SMILES string of the molecule is CCn1c(Nc2cc(OC)c(OC)c(OC)c2)nc2ccc(C(=O)N3CCOCC3)cc21. The Morgan fingerprint density at radius 1 is 1.06 bits per heavy atom. The molecule has 0 unspecified atom stereocenters. The van der Waals surface area contributed by atoms with E-state index in [-0.39, 0.29) is 5.91 Å². The highest BCUT2D eigenvalue weighted by molar-refractivity contribution is 5.98. The van der Waals surface area contributed by atoms with Crippen molar-refractivity contribution in [3.63, 3.8) is 0 Å². The number of hydrogen-bond acceptors (Lipinski definition) is 7. The molecule has 0 spiro atoms. The van der Waals surface area contributed by atoms with Gasteiger partial charge >= 0.3 is 0 Å². The van der Waals surface area contributed by atoms with Gasteiger partial charge in [-0.1, -0.05) is 0 Å². The summed E-state index contributed by atoms with van der Waals surface area (Å²) >= 11 is 0. The minimum absolute atomic E-state index is 0.0122. The van der Waals surface area contributed by atoms with Crippen LogP contribution >= 0.6 is 0 Å². The van der Waals surface area contributed by atoms with Gasteiger partial charge in [-0.05, 0) is 25.1 Å². The average molecular weight is 441 g/mol. The Labute approximate surface area is 186 Å². The summed E-state index contributed by atoms with van der Waals surface area (Å²) in [5.74, 6) is 2.29. The zero-order chi connectivity index (χ0) is 22.7. The molecule has 4 rings (SSSR count). The minimum atomic E-state index is 0.0122. The smallest absolute Gasteiger partial charge is 0.254 e. The zero-order valence-corrected chi connectivity index (χ0v) is 18.8. The van der Waals surface area contributed by atoms with Crippen LogP contribution in [0.25, 0.3) is 11.0 Å². The first-order valence-electron chi connectivity index (χ1n) is 10.5. The van der Waals surface area contributed by atoms with Crippen LogP contribution in [0.15, 0.2) is 30.3 Å². The van der Waals surface area contributed by atoms with Gasteiger partial charge in [0.25, 0.3) is 5.91 Å². The van der Waals surface area contributed by atoms with E-state index in [2.05, 4.69) is 5.32 Å². The van der Waals surface area contributed by atoms with Crippen LogP contribution in [0.3, 0.4) is 0 Å². The van der Waals surface area contributed by atoms with E-state index in [4.69, 9.17) is 23.9 Å². The third-order valence-corrected chi connectivity index (χ3v) is 5.53. The molecule has 3 aromatic rings. The number of nitrogens with zero attached hydrogens (tertiary/aromatic N) is 3. The van der Waals surface area contributed by atoms with E-state index in [1.807, 2.05) is 46.7 Å². The van der Waals surface area contributed by atoms with Gasteiger partial charge in [0.2, 0.25) is 11.7 Å². The Kier molecular flexibility index (Phi) is 6.36. The first-order valence-corrected chi connectivity index (χ1v) is 10.5. The summed E-state index contributed by atoms with van der Waals surface area (Å²) in [6, 6.07) is 9.28. The van der Waals surface area contributed by atoms with Crippen LogP contribution in [-0.2, 0) is 11.3 Å². The number of aromatic nitrogens is 2. The average Bonchev–Trinajstić information content (AvgIpc) is 3.19. The number of rotatable bonds is 7. The lowest BCUT2D eigenvalue weighted by Gasteiger charge is -2.26. The molecule has 2 aromatic carbocycles. The number of carbonyl (C=O) groups is 1. The number of ether oxygens (including phenoxy) is 4. The summed E-state index contributed by atoms with van der Waals surface area (Å²) in [5.41, 5.74) is 3.09. The van der Waals surface area contributed by atoms with Crippen molar-refractivity contribution in [2.45, 2.75) is 13.5 Å². The molecule has 0 bridgehead atoms. The van der Waals surface area contributed by atoms with Crippen LogP contribution in [0, 0.1) is 0 Å². The van der Waals surface area contributed by atoms with E-state index in [1.54, 1.807) is 21.3 Å². The molecule has 9 nitrogen and oxygen atoms in total. The molecule has 1 aromatic heterocycles. The van der Waals surface area contributed by atoms with Crippen molar-refractivity contribution in [1.82, 2.24) is 14.5 Å². The second-order valence-electron chi connectivity index (χ2n) is 7.33. The summed E-state index contributed by atoms with van der Waals surface area (Å²) in [6.07, 6.45) is 0. The predicted octanol–water partition coefficient (Wildman–Crippen LogP) is 3.30. The highest BCUT2D eigenvalue weighted by Gasteiger charge is 2.21. The van der Waals surface area contributed by atoms with Crippen LogP contribution in [0.4, 0.5) is 11.6 Å². The lowest BCUT2D eigenvalue weighted by atomic mass is 10.1. The number of aryl methyl sites for hydroxylation is 1. The molecular weight excluding hydrogens is 412 g/mol. The van der Waals surface area contributed by atoms with Gasteiger partial charge in [0.1, 0.15) is 0 Å². The number of anilines is 2. The summed E-state index contributed by atoms with van der Waals surface area (Å²) < 4.78 is 23.7. The third kappa shape index (κ3) is 4.03. The summed E-state index contributed by atoms with van der Waals surface area (Å²) in [7, 11) is 4.73. The van der Waals surface area contributed by atoms with Crippen molar-refractivity contribution in [2.24, 2.45) is 0 Å². The number of morpholine rings is 1. The van der Waals surface area contributed by atoms with Crippen molar-refractivity contribution in [1.29, 1.82) is 0 Å². The summed E-state index contributed by atoms with van der Waals surface area (Å²) in [4.78, 5) is 19.5. The van der Waals surface area contributed by atoms with Crippen LogP contribution < -0.4 is 19.5 Å². The maximum atomic E-state index is 12.9. The summed E-state index contributed by atoms with van der Waals surface area (Å²) in [5, 5.41) is 3.35. The van der Waals surface area contributed by atoms with E-state index < -0.39 is 0 Å². The molecule has 1 fully saturated rings. The minimum Gasteiger partial charge on any atom is -0.493 e. The van der Waals surface area contributed by atoms with Gasteiger partial charge in [0.05, 0.1) is 45.6 Å². The van der Waals surface area contributed by atoms with E-state index >= 15 is 0 Å². The number of hydrogen-bond donors (Lipinski definition) is 1. The topological polar surface area (TPSA) is 87.1 Å². The number of amides is 1. The second kappa shape index (κ2) is 9.35. The number of nitrogens with one attached hydrogen (secondary N) is 1. The molecular formula is C23H28N4O5. The monoisotopic (exact) mass is 440 g/mol. The quantitative estimate of drug-likeness (QED) is 0.603. The maximum absolute atomic E-state index is 12.9. The molecule has 1 saturated heterocycles. The Balaban J connectivity index is 1.69. The fourth-order valence-electron chi connectivity index (χ4n) is 3.90. The molecule has 1 N–H and O–H groups in total. The molecule has 9 heteroatoms. The fourth-order valence-corrected chi connectivity index (χ4v) is 3.90. The lowest BCUT2D eigenvalue weighted by Crippen LogP contribution is -2.40. The maximum Gasteiger partial charge on any atom is 0.254 e. The van der Waals surface area contributed by atoms with Crippen LogP contribution in [0.5, 0.6) is 17.2 Å². The van der Waals surface area contributed by atoms with E-state index in [0.717, 1.165) is 16.7 Å². The molecule has 170 valence electrons. The largest absolute Gasteiger partial charge is 0.493 e. The molecule has 0 radical (unpaired) electrons. The van der Waals surface area contributed by atoms with Crippen molar-refractivity contribution in [3.8, 4) is 17.2 Å². The Hall–Kier alpha value is -3.46. The molecule has 0 saturated carbocycles. The Morgan fingerprint density at radius 3 is 2.34 bits per heavy atom. The molecule has 1 aliphatic rings. The standard InChI is InChI=1S/C23H28N4O5/c1-5-27-18-12-15(22(28)26-8-10-32-11-9-26)6-7-17(18)25-23(27)24-16-13-19(29-2)21(31-4)20(14-16)30-3/h6-7,12-14H,5,8-11H2,1-4H3,(H,24,25). The highest BCUT2D eigenvalue weighted by Crippen LogP contribution is 2.40. The second-order valence-corrected chi connectivity index (χ2v) is 7.33. The van der Waals surface area contributed by atoms with Gasteiger partial charge in [-0.2, -0.15) is 0 Å². The molecule has 0 aliphatic carbocycles. The normalized spacial score (nSPS) is 13.8. The molecule has 1 amide bonds. The first kappa shape index (κ1) is 21.8. The molecule has 32 heavy (non-hydrogen) atoms. The number of fused-ring (bicyclic) bond motifs is 1. The van der Waals surface area contributed by atoms with Crippen molar-refractivity contribution >= 4 is 28.6 Å². The van der Waals surface area contributed by atoms with Gasteiger partial charge < -0.3 is 33.7 Å². The van der Waals surface area contributed by atoms with E-state index in [9.17, 15) is 4.79 Å². The van der Waals surface area contributed by atoms with E-state index in [0.29, 0.717) is 61.6 Å². The number of benzene rings is 2.